The van der Waals surface area contributed by atoms with E-state index in [2.05, 4.69) is 39.8 Å². The summed E-state index contributed by atoms with van der Waals surface area (Å²) in [5, 5.41) is 0. The van der Waals surface area contributed by atoms with E-state index >= 15 is 0 Å². The number of aryl methyl sites for hydroxylation is 1. The number of hydrogen-bond acceptors (Lipinski definition) is 3. The zero-order chi connectivity index (χ0) is 23.0. The molecule has 3 heteroatoms. The number of rotatable bonds is 6. The van der Waals surface area contributed by atoms with Gasteiger partial charge in [0.15, 0.2) is 0 Å². The fraction of sp³-hybridized carbons (Fsp3) is 0.759. The van der Waals surface area contributed by atoms with Gasteiger partial charge in [-0.3, -0.25) is 0 Å². The molecule has 1 heterocycles. The van der Waals surface area contributed by atoms with Crippen LogP contribution in [-0.2, 0) is 16.0 Å². The van der Waals surface area contributed by atoms with Gasteiger partial charge >= 0.3 is 5.97 Å². The maximum Gasteiger partial charge on any atom is 0.330 e. The van der Waals surface area contributed by atoms with Crippen molar-refractivity contribution < 1.29 is 13.9 Å². The summed E-state index contributed by atoms with van der Waals surface area (Å²) in [6, 6.07) is 2.11. The molecule has 0 aromatic carbocycles. The molecule has 1 aromatic rings. The molecular formula is C29H44O3. The number of hydrogen-bond donors (Lipinski definition) is 0. The third-order valence-electron chi connectivity index (χ3n) is 10.1. The predicted molar refractivity (Wildman–Crippen MR) is 129 cm³/mol. The van der Waals surface area contributed by atoms with E-state index in [4.69, 9.17) is 9.15 Å². The van der Waals surface area contributed by atoms with Crippen molar-refractivity contribution in [3.8, 4) is 0 Å². The van der Waals surface area contributed by atoms with Gasteiger partial charge in [-0.05, 0) is 110 Å². The van der Waals surface area contributed by atoms with Crippen LogP contribution < -0.4 is 0 Å². The Morgan fingerprint density at radius 1 is 1.09 bits per heavy atom. The van der Waals surface area contributed by atoms with E-state index in [-0.39, 0.29) is 5.97 Å². The summed E-state index contributed by atoms with van der Waals surface area (Å²) < 4.78 is 10.5. The van der Waals surface area contributed by atoms with Gasteiger partial charge in [-0.1, -0.05) is 40.2 Å². The molecule has 0 N–H and O–H groups in total. The van der Waals surface area contributed by atoms with Crippen LogP contribution in [0.3, 0.4) is 0 Å². The van der Waals surface area contributed by atoms with Gasteiger partial charge < -0.3 is 9.15 Å². The molecule has 3 aliphatic rings. The summed E-state index contributed by atoms with van der Waals surface area (Å²) in [6.45, 7) is 12.6. The van der Waals surface area contributed by atoms with Crippen LogP contribution in [0.5, 0.6) is 0 Å². The van der Waals surface area contributed by atoms with Crippen LogP contribution in [0, 0.1) is 39.9 Å². The first-order valence-corrected chi connectivity index (χ1v) is 13.1. The minimum atomic E-state index is -0.196. The van der Waals surface area contributed by atoms with Crippen molar-refractivity contribution in [3.63, 3.8) is 0 Å². The van der Waals surface area contributed by atoms with Crippen LogP contribution in [0.2, 0.25) is 0 Å². The van der Waals surface area contributed by atoms with Gasteiger partial charge in [0.05, 0.1) is 19.1 Å². The number of allylic oxidation sites excluding steroid dienone is 1. The molecule has 0 spiro atoms. The summed E-state index contributed by atoms with van der Waals surface area (Å²) in [7, 11) is 0. The molecule has 0 bridgehead atoms. The lowest BCUT2D eigenvalue weighted by Gasteiger charge is -2.66. The monoisotopic (exact) mass is 440 g/mol. The van der Waals surface area contributed by atoms with Gasteiger partial charge in [0.1, 0.15) is 0 Å². The van der Waals surface area contributed by atoms with Gasteiger partial charge in [-0.15, -0.1) is 0 Å². The van der Waals surface area contributed by atoms with Crippen molar-refractivity contribution in [2.45, 2.75) is 92.4 Å². The standard InChI is InChI=1S/C29H44O3/c1-6-32-26(30)13-10-22-9-12-25-28(4,23(22)11-8-21-15-19-31-20-21)18-14-24-27(2,3)16-7-17-29(24,25)5/h10,13,15,19-20,22-25H,6-9,11-12,14,16-18H2,1-5H3/b13-10+/t22-,23-,24-,25-,28+,29-/m0/s1. The molecule has 3 saturated carbocycles. The zero-order valence-corrected chi connectivity index (χ0v) is 21.0. The van der Waals surface area contributed by atoms with Gasteiger partial charge in [0.25, 0.3) is 0 Å². The van der Waals surface area contributed by atoms with E-state index in [1.165, 1.54) is 50.5 Å². The third-order valence-corrected chi connectivity index (χ3v) is 10.1. The second-order valence-electron chi connectivity index (χ2n) is 12.1. The molecule has 32 heavy (non-hydrogen) atoms. The molecule has 3 aliphatic carbocycles. The van der Waals surface area contributed by atoms with Gasteiger partial charge in [-0.25, -0.2) is 4.79 Å². The molecule has 6 atom stereocenters. The van der Waals surface area contributed by atoms with Crippen LogP contribution >= 0.6 is 0 Å². The first kappa shape index (κ1) is 23.6. The maximum atomic E-state index is 12.1. The van der Waals surface area contributed by atoms with Gasteiger partial charge in [0.2, 0.25) is 0 Å². The minimum absolute atomic E-state index is 0.196. The van der Waals surface area contributed by atoms with Crippen LogP contribution in [0.25, 0.3) is 0 Å². The normalized spacial score (nSPS) is 38.8. The Morgan fingerprint density at radius 2 is 1.91 bits per heavy atom. The smallest absolute Gasteiger partial charge is 0.330 e. The Kier molecular flexibility index (Phi) is 6.67. The van der Waals surface area contributed by atoms with E-state index in [0.717, 1.165) is 24.7 Å². The Morgan fingerprint density at radius 3 is 2.62 bits per heavy atom. The van der Waals surface area contributed by atoms with Gasteiger partial charge in [-0.2, -0.15) is 0 Å². The number of carbonyl (C=O) groups excluding carboxylic acids is 1. The highest BCUT2D eigenvalue weighted by atomic mass is 16.5. The summed E-state index contributed by atoms with van der Waals surface area (Å²) in [4.78, 5) is 12.1. The molecule has 3 nitrogen and oxygen atoms in total. The van der Waals surface area contributed by atoms with Crippen molar-refractivity contribution in [2.24, 2.45) is 39.9 Å². The number of esters is 1. The number of ether oxygens (including phenoxy) is 1. The third kappa shape index (κ3) is 4.21. The van der Waals surface area contributed by atoms with Gasteiger partial charge in [0, 0.05) is 6.08 Å². The summed E-state index contributed by atoms with van der Waals surface area (Å²) in [5.74, 6) is 2.45. The number of fused-ring (bicyclic) bond motifs is 3. The number of furan rings is 1. The van der Waals surface area contributed by atoms with Crippen molar-refractivity contribution in [2.75, 3.05) is 6.61 Å². The molecule has 3 fully saturated rings. The fourth-order valence-corrected chi connectivity index (χ4v) is 8.76. The SMILES string of the molecule is CCOC(=O)/C=C/[C@@H]1CC[C@H]2[C@](C)(CC[C@H]3C(C)(C)CCC[C@]23C)[C@H]1CCc1ccoc1. The Hall–Kier alpha value is -1.51. The van der Waals surface area contributed by atoms with E-state index in [9.17, 15) is 4.79 Å². The fourth-order valence-electron chi connectivity index (χ4n) is 8.76. The maximum absolute atomic E-state index is 12.1. The summed E-state index contributed by atoms with van der Waals surface area (Å²) >= 11 is 0. The van der Waals surface area contributed by atoms with Crippen molar-refractivity contribution in [1.82, 2.24) is 0 Å². The first-order chi connectivity index (χ1) is 15.2. The molecule has 0 amide bonds. The molecule has 0 unspecified atom stereocenters. The van der Waals surface area contributed by atoms with Crippen LogP contribution in [0.1, 0.15) is 91.5 Å². The molecule has 178 valence electrons. The Bertz CT molecular complexity index is 806. The number of carbonyl (C=O) groups is 1. The highest BCUT2D eigenvalue weighted by molar-refractivity contribution is 5.81. The summed E-state index contributed by atoms with van der Waals surface area (Å²) in [5.41, 5.74) is 2.52. The Labute approximate surface area is 195 Å². The largest absolute Gasteiger partial charge is 0.472 e. The average molecular weight is 441 g/mol. The highest BCUT2D eigenvalue weighted by Gasteiger charge is 2.61. The second kappa shape index (κ2) is 9.03. The van der Waals surface area contributed by atoms with Crippen molar-refractivity contribution >= 4 is 5.97 Å². The van der Waals surface area contributed by atoms with Crippen molar-refractivity contribution in [1.29, 1.82) is 0 Å². The van der Waals surface area contributed by atoms with Crippen molar-refractivity contribution in [3.05, 3.63) is 36.3 Å². The topological polar surface area (TPSA) is 39.4 Å². The molecule has 0 saturated heterocycles. The van der Waals surface area contributed by atoms with Crippen LogP contribution in [0.4, 0.5) is 0 Å². The highest BCUT2D eigenvalue weighted by Crippen LogP contribution is 2.69. The predicted octanol–water partition coefficient (Wildman–Crippen LogP) is 7.61. The quantitative estimate of drug-likeness (QED) is 0.337. The summed E-state index contributed by atoms with van der Waals surface area (Å²) in [6.07, 6.45) is 19.1. The zero-order valence-electron chi connectivity index (χ0n) is 21.0. The molecule has 0 radical (unpaired) electrons. The lowest BCUT2D eigenvalue weighted by Crippen LogP contribution is -2.59. The lowest BCUT2D eigenvalue weighted by atomic mass is 9.38. The van der Waals surface area contributed by atoms with E-state index < -0.39 is 0 Å². The second-order valence-corrected chi connectivity index (χ2v) is 12.1. The first-order valence-electron chi connectivity index (χ1n) is 13.1. The molecule has 1 aromatic heterocycles. The molecule has 0 aliphatic heterocycles. The van der Waals surface area contributed by atoms with E-state index in [0.29, 0.717) is 34.7 Å². The molecule has 4 rings (SSSR count). The van der Waals surface area contributed by atoms with E-state index in [1.54, 1.807) is 12.3 Å². The minimum Gasteiger partial charge on any atom is -0.472 e. The molecular weight excluding hydrogens is 396 g/mol. The lowest BCUT2D eigenvalue weighted by molar-refractivity contribution is -0.171. The average Bonchev–Trinajstić information content (AvgIpc) is 3.24. The van der Waals surface area contributed by atoms with Crippen LogP contribution in [0.15, 0.2) is 35.2 Å². The van der Waals surface area contributed by atoms with E-state index in [1.807, 2.05) is 13.2 Å². The van der Waals surface area contributed by atoms with Crippen LogP contribution in [-0.4, -0.2) is 12.6 Å². The Balaban J connectivity index is 1.63.